The van der Waals surface area contributed by atoms with Gasteiger partial charge < -0.3 is 4.42 Å². The van der Waals surface area contributed by atoms with Crippen LogP contribution in [0.1, 0.15) is 37.0 Å². The lowest BCUT2D eigenvalue weighted by molar-refractivity contribution is 0.492. The Morgan fingerprint density at radius 2 is 1.88 bits per heavy atom. The maximum absolute atomic E-state index is 5.54. The number of rotatable bonds is 3. The summed E-state index contributed by atoms with van der Waals surface area (Å²) in [4.78, 5) is 4.43. The van der Waals surface area contributed by atoms with Crippen LogP contribution in [0.4, 0.5) is 0 Å². The van der Waals surface area contributed by atoms with Crippen molar-refractivity contribution in [3.63, 3.8) is 0 Å². The predicted octanol–water partition coefficient (Wildman–Crippen LogP) is 4.67. The smallest absolute Gasteiger partial charge is 0.191 e. The monoisotopic (exact) mass is 293 g/mol. The third-order valence-corrected chi connectivity index (χ3v) is 3.29. The minimum Gasteiger partial charge on any atom is -0.444 e. The lowest BCUT2D eigenvalue weighted by Gasteiger charge is -2.05. The molecule has 90 valence electrons. The van der Waals surface area contributed by atoms with E-state index in [2.05, 4.69) is 59.0 Å². The fourth-order valence-corrected chi connectivity index (χ4v) is 2.19. The SMILES string of the molecule is Cc1nc(-c2ccc(C(C)C)cc2)c(CBr)o1. The van der Waals surface area contributed by atoms with E-state index in [9.17, 15) is 0 Å². The molecule has 0 aliphatic heterocycles. The van der Waals surface area contributed by atoms with E-state index in [1.807, 2.05) is 6.92 Å². The highest BCUT2D eigenvalue weighted by atomic mass is 79.9. The fraction of sp³-hybridized carbons (Fsp3) is 0.357. The number of benzene rings is 1. The third kappa shape index (κ3) is 2.60. The molecule has 0 amide bonds. The number of aryl methyl sites for hydroxylation is 1. The Morgan fingerprint density at radius 1 is 1.24 bits per heavy atom. The van der Waals surface area contributed by atoms with Gasteiger partial charge in [0.1, 0.15) is 11.5 Å². The van der Waals surface area contributed by atoms with Gasteiger partial charge in [-0.3, -0.25) is 0 Å². The molecule has 1 aromatic carbocycles. The molecule has 2 nitrogen and oxygen atoms in total. The summed E-state index contributed by atoms with van der Waals surface area (Å²) in [7, 11) is 0. The summed E-state index contributed by atoms with van der Waals surface area (Å²) >= 11 is 3.42. The summed E-state index contributed by atoms with van der Waals surface area (Å²) in [6.45, 7) is 6.26. The number of hydrogen-bond acceptors (Lipinski definition) is 2. The van der Waals surface area contributed by atoms with Gasteiger partial charge in [-0.15, -0.1) is 0 Å². The second-order valence-corrected chi connectivity index (χ2v) is 4.98. The van der Waals surface area contributed by atoms with Gasteiger partial charge in [0.15, 0.2) is 5.89 Å². The van der Waals surface area contributed by atoms with Crippen molar-refractivity contribution in [2.45, 2.75) is 32.0 Å². The summed E-state index contributed by atoms with van der Waals surface area (Å²) in [5.41, 5.74) is 3.39. The number of aromatic nitrogens is 1. The van der Waals surface area contributed by atoms with E-state index in [-0.39, 0.29) is 0 Å². The molecule has 0 radical (unpaired) electrons. The molecule has 1 aromatic heterocycles. The van der Waals surface area contributed by atoms with E-state index in [0.717, 1.165) is 17.0 Å². The first-order valence-corrected chi connectivity index (χ1v) is 6.86. The number of halogens is 1. The Morgan fingerprint density at radius 3 is 2.41 bits per heavy atom. The number of nitrogens with zero attached hydrogens (tertiary/aromatic N) is 1. The van der Waals surface area contributed by atoms with Crippen LogP contribution in [0.5, 0.6) is 0 Å². The number of oxazole rings is 1. The lowest BCUT2D eigenvalue weighted by Crippen LogP contribution is -1.88. The molecular weight excluding hydrogens is 278 g/mol. The second kappa shape index (κ2) is 5.05. The van der Waals surface area contributed by atoms with Crippen LogP contribution >= 0.6 is 15.9 Å². The van der Waals surface area contributed by atoms with Crippen molar-refractivity contribution in [3.8, 4) is 11.3 Å². The molecule has 3 heteroatoms. The Bertz CT molecular complexity index is 499. The molecule has 1 heterocycles. The van der Waals surface area contributed by atoms with Crippen LogP contribution in [0.25, 0.3) is 11.3 Å². The van der Waals surface area contributed by atoms with Crippen LogP contribution in [-0.4, -0.2) is 4.98 Å². The van der Waals surface area contributed by atoms with Crippen LogP contribution in [0.3, 0.4) is 0 Å². The van der Waals surface area contributed by atoms with Crippen molar-refractivity contribution in [2.75, 3.05) is 0 Å². The zero-order chi connectivity index (χ0) is 12.4. The van der Waals surface area contributed by atoms with Crippen molar-refractivity contribution in [3.05, 3.63) is 41.5 Å². The van der Waals surface area contributed by atoms with Gasteiger partial charge in [0.25, 0.3) is 0 Å². The number of hydrogen-bond donors (Lipinski definition) is 0. The summed E-state index contributed by atoms with van der Waals surface area (Å²) in [6, 6.07) is 8.53. The molecule has 2 aromatic rings. The van der Waals surface area contributed by atoms with Gasteiger partial charge in [-0.25, -0.2) is 4.98 Å². The van der Waals surface area contributed by atoms with Crippen molar-refractivity contribution >= 4 is 15.9 Å². The first-order valence-electron chi connectivity index (χ1n) is 5.74. The molecule has 0 saturated carbocycles. The fourth-order valence-electron chi connectivity index (χ4n) is 1.81. The molecule has 0 unspecified atom stereocenters. The van der Waals surface area contributed by atoms with Gasteiger partial charge in [-0.05, 0) is 11.5 Å². The van der Waals surface area contributed by atoms with Crippen molar-refractivity contribution in [1.29, 1.82) is 0 Å². The molecular formula is C14H16BrNO. The average Bonchev–Trinajstić information content (AvgIpc) is 2.70. The Labute approximate surface area is 110 Å². The quantitative estimate of drug-likeness (QED) is 0.769. The van der Waals surface area contributed by atoms with Crippen LogP contribution in [0.2, 0.25) is 0 Å². The van der Waals surface area contributed by atoms with Crippen molar-refractivity contribution < 1.29 is 4.42 Å². The number of alkyl halides is 1. The van der Waals surface area contributed by atoms with E-state index in [0.29, 0.717) is 17.1 Å². The standard InChI is InChI=1S/C14H16BrNO/c1-9(2)11-4-6-12(7-5-11)14-13(8-15)17-10(3)16-14/h4-7,9H,8H2,1-3H3. The van der Waals surface area contributed by atoms with Gasteiger partial charge in [0.2, 0.25) is 0 Å². The highest BCUT2D eigenvalue weighted by Crippen LogP contribution is 2.27. The highest BCUT2D eigenvalue weighted by Gasteiger charge is 2.12. The molecule has 0 fully saturated rings. The van der Waals surface area contributed by atoms with Gasteiger partial charge >= 0.3 is 0 Å². The van der Waals surface area contributed by atoms with Crippen LogP contribution in [0, 0.1) is 6.92 Å². The molecule has 17 heavy (non-hydrogen) atoms. The molecule has 0 bridgehead atoms. The molecule has 0 N–H and O–H groups in total. The Hall–Kier alpha value is -1.09. The first kappa shape index (κ1) is 12.4. The predicted molar refractivity (Wildman–Crippen MR) is 73.4 cm³/mol. The topological polar surface area (TPSA) is 26.0 Å². The van der Waals surface area contributed by atoms with Gasteiger partial charge in [0.05, 0.1) is 5.33 Å². The molecule has 0 aliphatic rings. The van der Waals surface area contributed by atoms with E-state index >= 15 is 0 Å². The van der Waals surface area contributed by atoms with E-state index < -0.39 is 0 Å². The zero-order valence-electron chi connectivity index (χ0n) is 10.3. The first-order chi connectivity index (χ1) is 8.11. The maximum Gasteiger partial charge on any atom is 0.191 e. The Kier molecular flexibility index (Phi) is 3.67. The second-order valence-electron chi connectivity index (χ2n) is 4.42. The summed E-state index contributed by atoms with van der Waals surface area (Å²) < 4.78 is 5.54. The highest BCUT2D eigenvalue weighted by molar-refractivity contribution is 9.08. The third-order valence-electron chi connectivity index (χ3n) is 2.78. The summed E-state index contributed by atoms with van der Waals surface area (Å²) in [5.74, 6) is 2.15. The molecule has 0 atom stereocenters. The normalized spacial score (nSPS) is 11.1. The molecule has 0 spiro atoms. The minimum atomic E-state index is 0.554. The van der Waals surface area contributed by atoms with Crippen LogP contribution in [0.15, 0.2) is 28.7 Å². The lowest BCUT2D eigenvalue weighted by atomic mass is 10.0. The zero-order valence-corrected chi connectivity index (χ0v) is 11.9. The Balaban J connectivity index is 2.39. The van der Waals surface area contributed by atoms with Gasteiger partial charge in [0, 0.05) is 12.5 Å². The van der Waals surface area contributed by atoms with E-state index in [1.165, 1.54) is 5.56 Å². The van der Waals surface area contributed by atoms with Crippen molar-refractivity contribution in [1.82, 2.24) is 4.98 Å². The summed E-state index contributed by atoms with van der Waals surface area (Å²) in [5, 5.41) is 0.690. The van der Waals surface area contributed by atoms with Crippen molar-refractivity contribution in [2.24, 2.45) is 0 Å². The molecule has 0 saturated heterocycles. The van der Waals surface area contributed by atoms with E-state index in [1.54, 1.807) is 0 Å². The molecule has 0 aliphatic carbocycles. The minimum absolute atomic E-state index is 0.554. The summed E-state index contributed by atoms with van der Waals surface area (Å²) in [6.07, 6.45) is 0. The van der Waals surface area contributed by atoms with Gasteiger partial charge in [-0.1, -0.05) is 54.0 Å². The largest absolute Gasteiger partial charge is 0.444 e. The van der Waals surface area contributed by atoms with Crippen LogP contribution < -0.4 is 0 Å². The maximum atomic E-state index is 5.54. The van der Waals surface area contributed by atoms with E-state index in [4.69, 9.17) is 4.42 Å². The average molecular weight is 294 g/mol. The molecule has 2 rings (SSSR count). The van der Waals surface area contributed by atoms with Crippen LogP contribution in [-0.2, 0) is 5.33 Å². The van der Waals surface area contributed by atoms with Gasteiger partial charge in [-0.2, -0.15) is 0 Å².